The van der Waals surface area contributed by atoms with Crippen LogP contribution in [0.4, 0.5) is 4.79 Å². The van der Waals surface area contributed by atoms with Crippen molar-refractivity contribution in [2.24, 2.45) is 0 Å². The van der Waals surface area contributed by atoms with Gasteiger partial charge in [0, 0.05) is 31.9 Å². The fourth-order valence-corrected chi connectivity index (χ4v) is 3.61. The van der Waals surface area contributed by atoms with E-state index in [1.807, 2.05) is 67.9 Å². The summed E-state index contributed by atoms with van der Waals surface area (Å²) in [6, 6.07) is 11.5. The molecule has 1 N–H and O–H groups in total. The minimum atomic E-state index is -0.498. The van der Waals surface area contributed by atoms with Gasteiger partial charge in [-0.15, -0.1) is 0 Å². The molecule has 1 fully saturated rings. The van der Waals surface area contributed by atoms with Crippen molar-refractivity contribution < 1.29 is 19.1 Å². The Labute approximate surface area is 178 Å². The summed E-state index contributed by atoms with van der Waals surface area (Å²) in [7, 11) is 1.62. The lowest BCUT2D eigenvalue weighted by Crippen LogP contribution is -2.42. The first-order valence-corrected chi connectivity index (χ1v) is 10.3. The van der Waals surface area contributed by atoms with Crippen molar-refractivity contribution in [3.63, 3.8) is 0 Å². The zero-order valence-electron chi connectivity index (χ0n) is 18.2. The van der Waals surface area contributed by atoms with Crippen molar-refractivity contribution in [3.8, 4) is 5.75 Å². The van der Waals surface area contributed by atoms with Crippen LogP contribution in [0.25, 0.3) is 0 Å². The highest BCUT2D eigenvalue weighted by molar-refractivity contribution is 5.92. The maximum Gasteiger partial charge on any atom is 0.410 e. The van der Waals surface area contributed by atoms with Gasteiger partial charge < -0.3 is 24.3 Å². The van der Waals surface area contributed by atoms with Crippen LogP contribution in [0.2, 0.25) is 0 Å². The molecule has 1 aliphatic heterocycles. The summed E-state index contributed by atoms with van der Waals surface area (Å²) in [5.74, 6) is 0.652. The first-order valence-electron chi connectivity index (χ1n) is 10.3. The lowest BCUT2D eigenvalue weighted by molar-refractivity contribution is 0.0187. The highest BCUT2D eigenvalue weighted by atomic mass is 16.6. The van der Waals surface area contributed by atoms with E-state index in [-0.39, 0.29) is 18.0 Å². The Balaban J connectivity index is 1.57. The summed E-state index contributed by atoms with van der Waals surface area (Å²) in [5, 5.41) is 2.99. The van der Waals surface area contributed by atoms with E-state index in [1.165, 1.54) is 0 Å². The number of amides is 2. The van der Waals surface area contributed by atoms with Crippen molar-refractivity contribution in [3.05, 3.63) is 53.9 Å². The zero-order chi connectivity index (χ0) is 21.7. The van der Waals surface area contributed by atoms with Crippen LogP contribution < -0.4 is 10.1 Å². The molecule has 2 amide bonds. The Morgan fingerprint density at radius 3 is 2.53 bits per heavy atom. The number of benzene rings is 1. The number of hydrogen-bond donors (Lipinski definition) is 1. The van der Waals surface area contributed by atoms with E-state index in [9.17, 15) is 9.59 Å². The number of aromatic nitrogens is 1. The number of likely N-dealkylation sites (tertiary alicyclic amines) is 1. The minimum absolute atomic E-state index is 0.114. The van der Waals surface area contributed by atoms with Crippen LogP contribution in [0, 0.1) is 0 Å². The van der Waals surface area contributed by atoms with Crippen LogP contribution in [-0.4, -0.2) is 47.3 Å². The van der Waals surface area contributed by atoms with Crippen molar-refractivity contribution in [2.45, 2.75) is 51.8 Å². The summed E-state index contributed by atoms with van der Waals surface area (Å²) >= 11 is 0. The summed E-state index contributed by atoms with van der Waals surface area (Å²) in [4.78, 5) is 26.8. The van der Waals surface area contributed by atoms with Crippen LogP contribution in [-0.2, 0) is 11.3 Å². The number of nitrogens with one attached hydrogen (secondary N) is 1. The van der Waals surface area contributed by atoms with Crippen LogP contribution in [0.1, 0.15) is 55.7 Å². The van der Waals surface area contributed by atoms with E-state index in [1.54, 1.807) is 12.0 Å². The maximum absolute atomic E-state index is 12.8. The fourth-order valence-electron chi connectivity index (χ4n) is 3.61. The van der Waals surface area contributed by atoms with E-state index in [4.69, 9.17) is 9.47 Å². The highest BCUT2D eigenvalue weighted by Crippen LogP contribution is 2.26. The molecule has 1 aromatic carbocycles. The number of rotatable bonds is 5. The van der Waals surface area contributed by atoms with Crippen LogP contribution in [0.5, 0.6) is 5.75 Å². The summed E-state index contributed by atoms with van der Waals surface area (Å²) in [6.07, 6.45) is 3.23. The van der Waals surface area contributed by atoms with Crippen LogP contribution in [0.3, 0.4) is 0 Å². The van der Waals surface area contributed by atoms with Gasteiger partial charge in [-0.1, -0.05) is 12.1 Å². The predicted octanol–water partition coefficient (Wildman–Crippen LogP) is 4.00. The number of piperidine rings is 1. The average molecular weight is 414 g/mol. The topological polar surface area (TPSA) is 72.8 Å². The van der Waals surface area contributed by atoms with Crippen molar-refractivity contribution in [2.75, 3.05) is 20.2 Å². The first kappa shape index (κ1) is 21.7. The minimum Gasteiger partial charge on any atom is -0.497 e. The normalized spacial score (nSPS) is 15.0. The van der Waals surface area contributed by atoms with E-state index < -0.39 is 5.60 Å². The molecule has 0 aliphatic carbocycles. The molecule has 3 rings (SSSR count). The molecule has 1 aromatic heterocycles. The molecule has 30 heavy (non-hydrogen) atoms. The maximum atomic E-state index is 12.8. The standard InChI is InChI=1S/C23H31N3O4/c1-23(2,3)30-22(28)25-13-10-18(11-14-25)26-12-6-9-20(26)21(27)24-16-17-7-5-8-19(15-17)29-4/h5-9,12,15,18H,10-11,13-14,16H2,1-4H3,(H,24,27). The van der Waals surface area contributed by atoms with Gasteiger partial charge in [0.1, 0.15) is 17.0 Å². The Kier molecular flexibility index (Phi) is 6.70. The summed E-state index contributed by atoms with van der Waals surface area (Å²) in [6.45, 7) is 7.26. The number of carbonyl (C=O) groups excluding carboxylic acids is 2. The number of nitrogens with zero attached hydrogens (tertiary/aromatic N) is 2. The Morgan fingerprint density at radius 1 is 1.13 bits per heavy atom. The number of carbonyl (C=O) groups is 2. The lowest BCUT2D eigenvalue weighted by Gasteiger charge is -2.34. The number of ether oxygens (including phenoxy) is 2. The van der Waals surface area contributed by atoms with Gasteiger partial charge in [0.15, 0.2) is 0 Å². The first-order chi connectivity index (χ1) is 14.3. The van der Waals surface area contributed by atoms with Gasteiger partial charge in [0.2, 0.25) is 0 Å². The van der Waals surface area contributed by atoms with Crippen LogP contribution >= 0.6 is 0 Å². The second-order valence-corrected chi connectivity index (χ2v) is 8.53. The second kappa shape index (κ2) is 9.24. The van der Waals surface area contributed by atoms with Gasteiger partial charge in [-0.3, -0.25) is 4.79 Å². The molecule has 0 radical (unpaired) electrons. The lowest BCUT2D eigenvalue weighted by atomic mass is 10.0. The monoisotopic (exact) mass is 413 g/mol. The third kappa shape index (κ3) is 5.55. The van der Waals surface area contributed by atoms with E-state index in [2.05, 4.69) is 5.32 Å². The third-order valence-corrected chi connectivity index (χ3v) is 5.11. The van der Waals surface area contributed by atoms with Crippen LogP contribution in [0.15, 0.2) is 42.6 Å². The molecular formula is C23H31N3O4. The second-order valence-electron chi connectivity index (χ2n) is 8.53. The SMILES string of the molecule is COc1cccc(CNC(=O)c2cccn2C2CCN(C(=O)OC(C)(C)C)CC2)c1. The Hall–Kier alpha value is -2.96. The molecule has 7 nitrogen and oxygen atoms in total. The molecule has 2 heterocycles. The van der Waals surface area contributed by atoms with Gasteiger partial charge in [0.25, 0.3) is 5.91 Å². The van der Waals surface area contributed by atoms with E-state index in [0.29, 0.717) is 25.3 Å². The van der Waals surface area contributed by atoms with E-state index in [0.717, 1.165) is 24.2 Å². The molecule has 0 saturated carbocycles. The van der Waals surface area contributed by atoms with Gasteiger partial charge in [-0.05, 0) is 63.4 Å². The summed E-state index contributed by atoms with van der Waals surface area (Å²) in [5.41, 5.74) is 1.11. The van der Waals surface area contributed by atoms with Gasteiger partial charge >= 0.3 is 6.09 Å². The van der Waals surface area contributed by atoms with Crippen molar-refractivity contribution in [1.29, 1.82) is 0 Å². The largest absolute Gasteiger partial charge is 0.497 e. The smallest absolute Gasteiger partial charge is 0.410 e. The number of methoxy groups -OCH3 is 1. The molecule has 1 aliphatic rings. The molecule has 1 saturated heterocycles. The molecule has 2 aromatic rings. The predicted molar refractivity (Wildman–Crippen MR) is 115 cm³/mol. The molecule has 7 heteroatoms. The average Bonchev–Trinajstić information content (AvgIpc) is 3.21. The molecule has 0 spiro atoms. The van der Waals surface area contributed by atoms with E-state index >= 15 is 0 Å². The molecule has 162 valence electrons. The quantitative estimate of drug-likeness (QED) is 0.804. The molecule has 0 bridgehead atoms. The van der Waals surface area contributed by atoms with Gasteiger partial charge in [-0.25, -0.2) is 4.79 Å². The van der Waals surface area contributed by atoms with Gasteiger partial charge in [-0.2, -0.15) is 0 Å². The van der Waals surface area contributed by atoms with Gasteiger partial charge in [0.05, 0.1) is 7.11 Å². The highest BCUT2D eigenvalue weighted by Gasteiger charge is 2.28. The molecule has 0 unspecified atom stereocenters. The Morgan fingerprint density at radius 2 is 1.87 bits per heavy atom. The summed E-state index contributed by atoms with van der Waals surface area (Å²) < 4.78 is 12.7. The Bertz CT molecular complexity index is 877. The van der Waals surface area contributed by atoms with Crippen molar-refractivity contribution >= 4 is 12.0 Å². The van der Waals surface area contributed by atoms with Crippen molar-refractivity contribution in [1.82, 2.24) is 14.8 Å². The number of hydrogen-bond acceptors (Lipinski definition) is 4. The fraction of sp³-hybridized carbons (Fsp3) is 0.478. The third-order valence-electron chi connectivity index (χ3n) is 5.11. The molecular weight excluding hydrogens is 382 g/mol. The molecule has 0 atom stereocenters. The zero-order valence-corrected chi connectivity index (χ0v) is 18.2.